The molecule has 4 atom stereocenters. The molecule has 0 saturated heterocycles. The van der Waals surface area contributed by atoms with E-state index in [9.17, 15) is 19.4 Å². The van der Waals surface area contributed by atoms with Gasteiger partial charge in [0.15, 0.2) is 0 Å². The van der Waals surface area contributed by atoms with Gasteiger partial charge in [-0.1, -0.05) is 36.6 Å². The van der Waals surface area contributed by atoms with Crippen LogP contribution in [0.15, 0.2) is 29.4 Å². The Morgan fingerprint density at radius 3 is 2.59 bits per heavy atom. The first kappa shape index (κ1) is 28.2. The van der Waals surface area contributed by atoms with Crippen LogP contribution in [0.1, 0.15) is 90.5 Å². The number of aryl methyl sites for hydroxylation is 1. The Balaban J connectivity index is 1.92. The summed E-state index contributed by atoms with van der Waals surface area (Å²) in [5.74, 6) is -0.934. The average molecular weight is 480 g/mol. The molecule has 0 radical (unpaired) electrons. The molecule has 192 valence electrons. The molecule has 0 amide bonds. The molecule has 0 heterocycles. The number of oxime groups is 1. The quantitative estimate of drug-likeness (QED) is 0.242. The maximum Gasteiger partial charge on any atom is 0.303 e. The fraction of sp³-hybridized carbons (Fsp3) is 0.704. The standard InChI is InChI=1S/C27H42FNO5/c1-27(2,3)34-29-24-18-25(31)23(11-6-4-5-7-12-26(32)33)22(24)16-15-21(30)14-13-19-9-8-10-20(28)17-19/h8-10,17,21-23,25,30-31H,4-7,11-16,18H2,1-3H3,(H,32,33)/b29-24-/t21-,22+,23+,25-/m0/s1. The Morgan fingerprint density at radius 2 is 1.91 bits per heavy atom. The third kappa shape index (κ3) is 10.5. The Labute approximate surface area is 203 Å². The molecule has 1 fully saturated rings. The first-order valence-corrected chi connectivity index (χ1v) is 12.6. The minimum atomic E-state index is -0.762. The van der Waals surface area contributed by atoms with E-state index in [2.05, 4.69) is 5.16 Å². The number of benzene rings is 1. The Bertz CT molecular complexity index is 791. The zero-order chi connectivity index (χ0) is 25.1. The van der Waals surface area contributed by atoms with Crippen molar-refractivity contribution in [2.75, 3.05) is 0 Å². The Kier molecular flexibility index (Phi) is 11.5. The van der Waals surface area contributed by atoms with Gasteiger partial charge < -0.3 is 20.2 Å². The number of aliphatic hydroxyl groups excluding tert-OH is 2. The molecule has 34 heavy (non-hydrogen) atoms. The van der Waals surface area contributed by atoms with Crippen molar-refractivity contribution in [2.45, 2.75) is 109 Å². The van der Waals surface area contributed by atoms with Gasteiger partial charge in [-0.3, -0.25) is 4.79 Å². The Morgan fingerprint density at radius 1 is 1.18 bits per heavy atom. The SMILES string of the molecule is CC(C)(C)O/N=C1/C[C@H](O)[C@H](CCCCCCC(=O)O)[C@H]1CC[C@@H](O)CCc1cccc(F)c1. The lowest BCUT2D eigenvalue weighted by molar-refractivity contribution is -0.137. The molecule has 6 nitrogen and oxygen atoms in total. The summed E-state index contributed by atoms with van der Waals surface area (Å²) in [6.45, 7) is 5.80. The minimum absolute atomic E-state index is 0.0418. The predicted octanol–water partition coefficient (Wildman–Crippen LogP) is 5.49. The van der Waals surface area contributed by atoms with Gasteiger partial charge in [0, 0.05) is 18.8 Å². The first-order chi connectivity index (χ1) is 16.0. The predicted molar refractivity (Wildman–Crippen MR) is 131 cm³/mol. The van der Waals surface area contributed by atoms with Gasteiger partial charge in [-0.25, -0.2) is 4.39 Å². The van der Waals surface area contributed by atoms with E-state index in [1.807, 2.05) is 26.8 Å². The van der Waals surface area contributed by atoms with E-state index in [1.165, 1.54) is 12.1 Å². The summed E-state index contributed by atoms with van der Waals surface area (Å²) in [5.41, 5.74) is 1.31. The third-order valence-electron chi connectivity index (χ3n) is 6.44. The molecular formula is C27H42FNO5. The minimum Gasteiger partial charge on any atom is -0.481 e. The highest BCUT2D eigenvalue weighted by Crippen LogP contribution is 2.38. The lowest BCUT2D eigenvalue weighted by atomic mass is 9.84. The van der Waals surface area contributed by atoms with Crippen LogP contribution in [0, 0.1) is 17.7 Å². The van der Waals surface area contributed by atoms with Crippen molar-refractivity contribution in [1.82, 2.24) is 0 Å². The second kappa shape index (κ2) is 13.8. The molecule has 0 unspecified atom stereocenters. The summed E-state index contributed by atoms with van der Waals surface area (Å²) in [7, 11) is 0. The van der Waals surface area contributed by atoms with Gasteiger partial charge in [-0.05, 0) is 82.9 Å². The molecular weight excluding hydrogens is 437 g/mol. The van der Waals surface area contributed by atoms with E-state index in [1.54, 1.807) is 6.07 Å². The zero-order valence-corrected chi connectivity index (χ0v) is 20.9. The van der Waals surface area contributed by atoms with Crippen molar-refractivity contribution in [3.05, 3.63) is 35.6 Å². The highest BCUT2D eigenvalue weighted by molar-refractivity contribution is 5.89. The number of unbranched alkanes of at least 4 members (excludes halogenated alkanes) is 3. The van der Waals surface area contributed by atoms with Crippen molar-refractivity contribution in [3.63, 3.8) is 0 Å². The number of nitrogens with zero attached hydrogens (tertiary/aromatic N) is 1. The molecule has 3 N–H and O–H groups in total. The summed E-state index contributed by atoms with van der Waals surface area (Å²) in [6.07, 6.45) is 6.37. The molecule has 7 heteroatoms. The number of hydrogen-bond donors (Lipinski definition) is 3. The van der Waals surface area contributed by atoms with Crippen LogP contribution < -0.4 is 0 Å². The average Bonchev–Trinajstić information content (AvgIpc) is 3.05. The van der Waals surface area contributed by atoms with Crippen LogP contribution in [0.5, 0.6) is 0 Å². The van der Waals surface area contributed by atoms with Crippen LogP contribution in [0.4, 0.5) is 4.39 Å². The molecule has 1 aromatic carbocycles. The molecule has 1 aromatic rings. The van der Waals surface area contributed by atoms with Crippen molar-refractivity contribution >= 4 is 11.7 Å². The molecule has 1 aliphatic carbocycles. The Hall–Kier alpha value is -1.99. The van der Waals surface area contributed by atoms with E-state index in [-0.39, 0.29) is 24.1 Å². The van der Waals surface area contributed by atoms with Crippen LogP contribution >= 0.6 is 0 Å². The maximum atomic E-state index is 13.4. The molecule has 0 bridgehead atoms. The number of carboxylic acids is 1. The van der Waals surface area contributed by atoms with Crippen LogP contribution in [0.2, 0.25) is 0 Å². The van der Waals surface area contributed by atoms with Crippen LogP contribution in [-0.4, -0.2) is 44.8 Å². The molecule has 0 spiro atoms. The van der Waals surface area contributed by atoms with Gasteiger partial charge in [-0.15, -0.1) is 0 Å². The van der Waals surface area contributed by atoms with E-state index in [0.717, 1.165) is 37.0 Å². The number of carbonyl (C=O) groups is 1. The van der Waals surface area contributed by atoms with Crippen molar-refractivity contribution in [1.29, 1.82) is 0 Å². The molecule has 0 aliphatic heterocycles. The van der Waals surface area contributed by atoms with E-state index >= 15 is 0 Å². The molecule has 1 aliphatic rings. The first-order valence-electron chi connectivity index (χ1n) is 12.6. The number of hydrogen-bond acceptors (Lipinski definition) is 5. The van der Waals surface area contributed by atoms with Crippen molar-refractivity contribution < 1.29 is 29.3 Å². The second-order valence-electron chi connectivity index (χ2n) is 10.6. The van der Waals surface area contributed by atoms with Crippen LogP contribution in [0.25, 0.3) is 0 Å². The number of aliphatic hydroxyl groups is 2. The second-order valence-corrected chi connectivity index (χ2v) is 10.6. The van der Waals surface area contributed by atoms with Gasteiger partial charge in [0.05, 0.1) is 17.9 Å². The van der Waals surface area contributed by atoms with E-state index < -0.39 is 23.8 Å². The van der Waals surface area contributed by atoms with Crippen molar-refractivity contribution in [2.24, 2.45) is 17.0 Å². The molecule has 0 aromatic heterocycles. The summed E-state index contributed by atoms with van der Waals surface area (Å²) >= 11 is 0. The number of rotatable bonds is 14. The highest BCUT2D eigenvalue weighted by atomic mass is 19.1. The largest absolute Gasteiger partial charge is 0.481 e. The lowest BCUT2D eigenvalue weighted by Gasteiger charge is -2.24. The van der Waals surface area contributed by atoms with Gasteiger partial charge >= 0.3 is 5.97 Å². The number of carboxylic acid groups (broad SMARTS) is 1. The van der Waals surface area contributed by atoms with Crippen LogP contribution in [0.3, 0.4) is 0 Å². The zero-order valence-electron chi connectivity index (χ0n) is 20.9. The summed E-state index contributed by atoms with van der Waals surface area (Å²) in [5, 5.41) is 34.5. The number of aliphatic carboxylic acids is 1. The topological polar surface area (TPSA) is 99.4 Å². The monoisotopic (exact) mass is 479 g/mol. The van der Waals surface area contributed by atoms with Gasteiger partial charge in [-0.2, -0.15) is 0 Å². The van der Waals surface area contributed by atoms with Crippen molar-refractivity contribution in [3.8, 4) is 0 Å². The smallest absolute Gasteiger partial charge is 0.303 e. The normalized spacial score (nSPS) is 22.8. The highest BCUT2D eigenvalue weighted by Gasteiger charge is 2.40. The van der Waals surface area contributed by atoms with E-state index in [0.29, 0.717) is 38.5 Å². The summed E-state index contributed by atoms with van der Waals surface area (Å²) in [4.78, 5) is 16.3. The molecule has 2 rings (SSSR count). The fourth-order valence-corrected chi connectivity index (χ4v) is 4.66. The lowest BCUT2D eigenvalue weighted by Crippen LogP contribution is -2.23. The summed E-state index contributed by atoms with van der Waals surface area (Å²) < 4.78 is 13.4. The van der Waals surface area contributed by atoms with Crippen LogP contribution in [-0.2, 0) is 16.1 Å². The van der Waals surface area contributed by atoms with Gasteiger partial charge in [0.1, 0.15) is 11.4 Å². The fourth-order valence-electron chi connectivity index (χ4n) is 4.66. The molecule has 1 saturated carbocycles. The van der Waals surface area contributed by atoms with Gasteiger partial charge in [0.2, 0.25) is 0 Å². The maximum absolute atomic E-state index is 13.4. The third-order valence-corrected chi connectivity index (χ3v) is 6.44. The van der Waals surface area contributed by atoms with E-state index in [4.69, 9.17) is 9.94 Å². The summed E-state index contributed by atoms with van der Waals surface area (Å²) in [6, 6.07) is 6.46. The number of halogens is 1. The van der Waals surface area contributed by atoms with Gasteiger partial charge in [0.25, 0.3) is 0 Å².